The lowest BCUT2D eigenvalue weighted by Crippen LogP contribution is -2.02. The fraction of sp³-hybridized carbons (Fsp3) is 0.353. The Bertz CT molecular complexity index is 559. The first kappa shape index (κ1) is 13.6. The number of allylic oxidation sites excluding steroid dienone is 2. The number of hydrogen-bond acceptors (Lipinski definition) is 2. The molecule has 0 aliphatic heterocycles. The molecule has 19 heavy (non-hydrogen) atoms. The van der Waals surface area contributed by atoms with Crippen LogP contribution in [-0.4, -0.2) is 4.98 Å². The van der Waals surface area contributed by atoms with Gasteiger partial charge in [-0.05, 0) is 42.0 Å². The van der Waals surface area contributed by atoms with Crippen LogP contribution < -0.4 is 0 Å². The lowest BCUT2D eigenvalue weighted by atomic mass is 9.90. The summed E-state index contributed by atoms with van der Waals surface area (Å²) in [5, 5.41) is 0. The van der Waals surface area contributed by atoms with Gasteiger partial charge in [0.05, 0.1) is 6.20 Å². The van der Waals surface area contributed by atoms with Gasteiger partial charge in [-0.1, -0.05) is 39.0 Å². The first-order valence-electron chi connectivity index (χ1n) is 6.63. The summed E-state index contributed by atoms with van der Waals surface area (Å²) in [7, 11) is 0. The van der Waals surface area contributed by atoms with Crippen molar-refractivity contribution in [1.29, 1.82) is 0 Å². The molecule has 0 saturated heterocycles. The molecule has 100 valence electrons. The van der Waals surface area contributed by atoms with Crippen molar-refractivity contribution in [3.63, 3.8) is 0 Å². The highest BCUT2D eigenvalue weighted by atomic mass is 16.3. The summed E-state index contributed by atoms with van der Waals surface area (Å²) in [6, 6.07) is 8.32. The van der Waals surface area contributed by atoms with E-state index in [2.05, 4.69) is 50.9 Å². The summed E-state index contributed by atoms with van der Waals surface area (Å²) in [5.74, 6) is 0.672. The first-order chi connectivity index (χ1) is 8.96. The quantitative estimate of drug-likeness (QED) is 0.755. The van der Waals surface area contributed by atoms with Crippen LogP contribution in [0.15, 0.2) is 47.2 Å². The molecule has 0 atom stereocenters. The second kappa shape index (κ2) is 5.43. The number of oxazole rings is 1. The van der Waals surface area contributed by atoms with Crippen LogP contribution in [0.3, 0.4) is 0 Å². The zero-order valence-corrected chi connectivity index (χ0v) is 12.1. The molecule has 2 rings (SSSR count). The van der Waals surface area contributed by atoms with Crippen LogP contribution in [0.1, 0.15) is 39.7 Å². The Labute approximate surface area is 115 Å². The highest BCUT2D eigenvalue weighted by molar-refractivity contribution is 5.68. The van der Waals surface area contributed by atoms with Crippen LogP contribution in [0, 0.1) is 5.41 Å². The van der Waals surface area contributed by atoms with E-state index in [1.54, 1.807) is 12.5 Å². The number of hydrogen-bond donors (Lipinski definition) is 0. The monoisotopic (exact) mass is 255 g/mol. The smallest absolute Gasteiger partial charge is 0.225 e. The van der Waals surface area contributed by atoms with Crippen LogP contribution in [0.5, 0.6) is 0 Å². The van der Waals surface area contributed by atoms with Gasteiger partial charge in [0.2, 0.25) is 5.89 Å². The highest BCUT2D eigenvalue weighted by Gasteiger charge is 2.09. The second-order valence-corrected chi connectivity index (χ2v) is 6.07. The minimum atomic E-state index is 0.321. The lowest BCUT2D eigenvalue weighted by Gasteiger charge is -2.15. The van der Waals surface area contributed by atoms with Gasteiger partial charge in [-0.15, -0.1) is 0 Å². The molecule has 1 heterocycles. The van der Waals surface area contributed by atoms with E-state index in [-0.39, 0.29) is 0 Å². The van der Waals surface area contributed by atoms with Crippen LogP contribution in [0.4, 0.5) is 0 Å². The van der Waals surface area contributed by atoms with E-state index in [9.17, 15) is 0 Å². The van der Waals surface area contributed by atoms with Crippen molar-refractivity contribution in [2.45, 2.75) is 34.1 Å². The van der Waals surface area contributed by atoms with Gasteiger partial charge in [-0.25, -0.2) is 4.98 Å². The summed E-state index contributed by atoms with van der Waals surface area (Å²) in [6.45, 7) is 8.90. The molecule has 0 saturated carbocycles. The number of nitrogens with zero attached hydrogens (tertiary/aromatic N) is 1. The maximum atomic E-state index is 5.34. The summed E-state index contributed by atoms with van der Waals surface area (Å²) < 4.78 is 5.34. The maximum Gasteiger partial charge on any atom is 0.225 e. The summed E-state index contributed by atoms with van der Waals surface area (Å²) >= 11 is 0. The van der Waals surface area contributed by atoms with Gasteiger partial charge in [0.15, 0.2) is 0 Å². The van der Waals surface area contributed by atoms with Gasteiger partial charge in [0, 0.05) is 5.56 Å². The molecular formula is C17H21NO. The Morgan fingerprint density at radius 2 is 2.11 bits per heavy atom. The summed E-state index contributed by atoms with van der Waals surface area (Å²) in [6.07, 6.45) is 6.64. The van der Waals surface area contributed by atoms with Gasteiger partial charge >= 0.3 is 0 Å². The van der Waals surface area contributed by atoms with Crippen molar-refractivity contribution in [3.8, 4) is 11.5 Å². The van der Waals surface area contributed by atoms with E-state index in [0.717, 1.165) is 12.0 Å². The molecule has 0 aliphatic rings. The molecule has 0 unspecified atom stereocenters. The number of rotatable bonds is 3. The average Bonchev–Trinajstić information content (AvgIpc) is 2.89. The Balaban J connectivity index is 2.24. The molecule has 0 spiro atoms. The van der Waals surface area contributed by atoms with Gasteiger partial charge in [-0.2, -0.15) is 0 Å². The topological polar surface area (TPSA) is 26.0 Å². The standard InChI is InChI=1S/C17H21NO/c1-13(8-9-17(2,3)4)14-6-5-7-15(12-14)16-18-10-11-19-16/h5-8,10-12H,9H2,1-4H3/b13-8+. The third-order valence-corrected chi connectivity index (χ3v) is 3.02. The SMILES string of the molecule is C/C(=C\CC(C)(C)C)c1cccc(-c2ncco2)c1. The molecular weight excluding hydrogens is 234 g/mol. The minimum absolute atomic E-state index is 0.321. The first-order valence-corrected chi connectivity index (χ1v) is 6.63. The molecule has 1 aromatic heterocycles. The predicted molar refractivity (Wildman–Crippen MR) is 79.7 cm³/mol. The van der Waals surface area contributed by atoms with Crippen LogP contribution in [0.2, 0.25) is 0 Å². The normalized spacial score (nSPS) is 12.7. The second-order valence-electron chi connectivity index (χ2n) is 6.07. The lowest BCUT2D eigenvalue weighted by molar-refractivity contribution is 0.421. The van der Waals surface area contributed by atoms with Gasteiger partial charge < -0.3 is 4.42 Å². The van der Waals surface area contributed by atoms with Crippen molar-refractivity contribution in [2.24, 2.45) is 5.41 Å². The zero-order chi connectivity index (χ0) is 13.9. The largest absolute Gasteiger partial charge is 0.445 e. The van der Waals surface area contributed by atoms with E-state index < -0.39 is 0 Å². The summed E-state index contributed by atoms with van der Waals surface area (Å²) in [5.41, 5.74) is 3.86. The third-order valence-electron chi connectivity index (χ3n) is 3.02. The van der Waals surface area contributed by atoms with E-state index in [1.807, 2.05) is 12.1 Å². The van der Waals surface area contributed by atoms with Gasteiger partial charge in [0.25, 0.3) is 0 Å². The molecule has 2 nitrogen and oxygen atoms in total. The van der Waals surface area contributed by atoms with Crippen molar-refractivity contribution in [2.75, 3.05) is 0 Å². The van der Waals surface area contributed by atoms with E-state index in [4.69, 9.17) is 4.42 Å². The van der Waals surface area contributed by atoms with Crippen LogP contribution in [-0.2, 0) is 0 Å². The van der Waals surface area contributed by atoms with Gasteiger partial charge in [-0.3, -0.25) is 0 Å². The predicted octanol–water partition coefficient (Wildman–Crippen LogP) is 5.18. The van der Waals surface area contributed by atoms with Crippen molar-refractivity contribution >= 4 is 5.57 Å². The van der Waals surface area contributed by atoms with Gasteiger partial charge in [0.1, 0.15) is 6.26 Å². The Morgan fingerprint density at radius 1 is 1.32 bits per heavy atom. The van der Waals surface area contributed by atoms with E-state index >= 15 is 0 Å². The third kappa shape index (κ3) is 3.82. The molecule has 0 radical (unpaired) electrons. The molecule has 0 N–H and O–H groups in total. The Hall–Kier alpha value is -1.83. The van der Waals surface area contributed by atoms with E-state index in [0.29, 0.717) is 11.3 Å². The maximum absolute atomic E-state index is 5.34. The molecule has 0 fully saturated rings. The molecule has 2 aromatic rings. The van der Waals surface area contributed by atoms with Crippen molar-refractivity contribution in [1.82, 2.24) is 4.98 Å². The number of aromatic nitrogens is 1. The average molecular weight is 255 g/mol. The van der Waals surface area contributed by atoms with Crippen LogP contribution in [0.25, 0.3) is 17.0 Å². The zero-order valence-electron chi connectivity index (χ0n) is 12.1. The Morgan fingerprint density at radius 3 is 2.74 bits per heavy atom. The Kier molecular flexibility index (Phi) is 3.89. The van der Waals surface area contributed by atoms with Crippen molar-refractivity contribution < 1.29 is 4.42 Å². The molecule has 0 aliphatic carbocycles. The van der Waals surface area contributed by atoms with Crippen LogP contribution >= 0.6 is 0 Å². The molecule has 1 aromatic carbocycles. The number of benzene rings is 1. The minimum Gasteiger partial charge on any atom is -0.445 e. The molecule has 0 bridgehead atoms. The summed E-state index contributed by atoms with van der Waals surface area (Å²) in [4.78, 5) is 4.19. The fourth-order valence-electron chi connectivity index (χ4n) is 1.84. The molecule has 2 heteroatoms. The highest BCUT2D eigenvalue weighted by Crippen LogP contribution is 2.25. The van der Waals surface area contributed by atoms with E-state index in [1.165, 1.54) is 11.1 Å². The van der Waals surface area contributed by atoms with Crippen molar-refractivity contribution in [3.05, 3.63) is 48.4 Å². The fourth-order valence-corrected chi connectivity index (χ4v) is 1.84. The molecule has 0 amide bonds.